The SMILES string of the molecule is CCc1ccc(COC2(CN)CCCOC2)cc1. The molecule has 0 radical (unpaired) electrons. The van der Waals surface area contributed by atoms with Crippen molar-refractivity contribution in [2.45, 2.75) is 38.4 Å². The average Bonchev–Trinajstić information content (AvgIpc) is 2.47. The molecule has 2 rings (SSSR count). The second kappa shape index (κ2) is 6.32. The first-order chi connectivity index (χ1) is 8.78. The van der Waals surface area contributed by atoms with Crippen LogP contribution in [0.1, 0.15) is 30.9 Å². The Hall–Kier alpha value is -0.900. The summed E-state index contributed by atoms with van der Waals surface area (Å²) in [6.45, 7) is 4.76. The summed E-state index contributed by atoms with van der Waals surface area (Å²) < 4.78 is 11.5. The maximum atomic E-state index is 6.03. The molecule has 2 N–H and O–H groups in total. The molecular weight excluding hydrogens is 226 g/mol. The van der Waals surface area contributed by atoms with Gasteiger partial charge in [0.2, 0.25) is 0 Å². The van der Waals surface area contributed by atoms with E-state index < -0.39 is 0 Å². The van der Waals surface area contributed by atoms with E-state index in [1.807, 2.05) is 0 Å². The Kier molecular flexibility index (Phi) is 4.75. The molecule has 1 fully saturated rings. The molecule has 100 valence electrons. The first kappa shape index (κ1) is 13.5. The van der Waals surface area contributed by atoms with Crippen LogP contribution in [-0.4, -0.2) is 25.4 Å². The summed E-state index contributed by atoms with van der Waals surface area (Å²) >= 11 is 0. The molecular formula is C15H23NO2. The van der Waals surface area contributed by atoms with Gasteiger partial charge in [-0.25, -0.2) is 0 Å². The lowest BCUT2D eigenvalue weighted by atomic mass is 9.96. The third-order valence-electron chi connectivity index (χ3n) is 3.63. The lowest BCUT2D eigenvalue weighted by Crippen LogP contribution is -2.47. The van der Waals surface area contributed by atoms with Gasteiger partial charge in [-0.05, 0) is 30.4 Å². The van der Waals surface area contributed by atoms with E-state index in [0.29, 0.717) is 19.8 Å². The number of benzene rings is 1. The first-order valence-corrected chi connectivity index (χ1v) is 6.77. The normalized spacial score (nSPS) is 24.1. The fourth-order valence-corrected chi connectivity index (χ4v) is 2.27. The molecule has 3 heteroatoms. The monoisotopic (exact) mass is 249 g/mol. The second-order valence-electron chi connectivity index (χ2n) is 5.00. The topological polar surface area (TPSA) is 44.5 Å². The average molecular weight is 249 g/mol. The van der Waals surface area contributed by atoms with Crippen LogP contribution in [-0.2, 0) is 22.5 Å². The molecule has 0 saturated carbocycles. The highest BCUT2D eigenvalue weighted by Crippen LogP contribution is 2.24. The van der Waals surface area contributed by atoms with Crippen molar-refractivity contribution in [1.29, 1.82) is 0 Å². The van der Waals surface area contributed by atoms with Crippen LogP contribution < -0.4 is 5.73 Å². The fourth-order valence-electron chi connectivity index (χ4n) is 2.27. The Morgan fingerprint density at radius 2 is 2.00 bits per heavy atom. The number of hydrogen-bond acceptors (Lipinski definition) is 3. The molecule has 0 amide bonds. The Morgan fingerprint density at radius 3 is 2.56 bits per heavy atom. The van der Waals surface area contributed by atoms with Gasteiger partial charge in [-0.1, -0.05) is 31.2 Å². The molecule has 1 aromatic carbocycles. The lowest BCUT2D eigenvalue weighted by molar-refractivity contribution is -0.130. The van der Waals surface area contributed by atoms with E-state index in [0.717, 1.165) is 25.9 Å². The summed E-state index contributed by atoms with van der Waals surface area (Å²) in [7, 11) is 0. The van der Waals surface area contributed by atoms with Crippen LogP contribution in [0.15, 0.2) is 24.3 Å². The van der Waals surface area contributed by atoms with Gasteiger partial charge in [-0.15, -0.1) is 0 Å². The molecule has 1 heterocycles. The summed E-state index contributed by atoms with van der Waals surface area (Å²) in [6.07, 6.45) is 3.10. The molecule has 0 bridgehead atoms. The van der Waals surface area contributed by atoms with Gasteiger partial charge in [0.15, 0.2) is 0 Å². The van der Waals surface area contributed by atoms with E-state index in [1.165, 1.54) is 11.1 Å². The van der Waals surface area contributed by atoms with E-state index in [2.05, 4.69) is 31.2 Å². The standard InChI is InChI=1S/C15H23NO2/c1-2-13-4-6-14(7-5-13)10-18-15(11-16)8-3-9-17-12-15/h4-7H,2-3,8-12,16H2,1H3. The second-order valence-corrected chi connectivity index (χ2v) is 5.00. The van der Waals surface area contributed by atoms with Crippen molar-refractivity contribution in [1.82, 2.24) is 0 Å². The Morgan fingerprint density at radius 1 is 1.28 bits per heavy atom. The maximum Gasteiger partial charge on any atom is 0.104 e. The molecule has 1 aliphatic heterocycles. The highest BCUT2D eigenvalue weighted by molar-refractivity contribution is 5.21. The molecule has 0 aromatic heterocycles. The van der Waals surface area contributed by atoms with Gasteiger partial charge in [-0.2, -0.15) is 0 Å². The lowest BCUT2D eigenvalue weighted by Gasteiger charge is -2.35. The van der Waals surface area contributed by atoms with E-state index >= 15 is 0 Å². The van der Waals surface area contributed by atoms with Crippen molar-refractivity contribution >= 4 is 0 Å². The highest BCUT2D eigenvalue weighted by Gasteiger charge is 2.32. The van der Waals surface area contributed by atoms with E-state index in [4.69, 9.17) is 15.2 Å². The van der Waals surface area contributed by atoms with Crippen LogP contribution in [0.25, 0.3) is 0 Å². The number of aryl methyl sites for hydroxylation is 1. The zero-order valence-corrected chi connectivity index (χ0v) is 11.2. The molecule has 1 atom stereocenters. The summed E-state index contributed by atoms with van der Waals surface area (Å²) in [5, 5.41) is 0. The van der Waals surface area contributed by atoms with Gasteiger partial charge in [0.25, 0.3) is 0 Å². The molecule has 1 aromatic rings. The molecule has 1 saturated heterocycles. The maximum absolute atomic E-state index is 6.03. The molecule has 0 aliphatic carbocycles. The van der Waals surface area contributed by atoms with Crippen molar-refractivity contribution in [3.05, 3.63) is 35.4 Å². The smallest absolute Gasteiger partial charge is 0.104 e. The Bertz CT molecular complexity index is 355. The van der Waals surface area contributed by atoms with Gasteiger partial charge in [0.05, 0.1) is 13.2 Å². The van der Waals surface area contributed by atoms with E-state index in [1.54, 1.807) is 0 Å². The quantitative estimate of drug-likeness (QED) is 0.870. The zero-order chi connectivity index (χ0) is 12.8. The van der Waals surface area contributed by atoms with Gasteiger partial charge >= 0.3 is 0 Å². The van der Waals surface area contributed by atoms with Crippen molar-refractivity contribution in [3.63, 3.8) is 0 Å². The molecule has 18 heavy (non-hydrogen) atoms. The summed E-state index contributed by atoms with van der Waals surface area (Å²) in [6, 6.07) is 8.58. The van der Waals surface area contributed by atoms with Gasteiger partial charge in [-0.3, -0.25) is 0 Å². The fraction of sp³-hybridized carbons (Fsp3) is 0.600. The third kappa shape index (κ3) is 3.31. The Balaban J connectivity index is 1.92. The van der Waals surface area contributed by atoms with Crippen molar-refractivity contribution in [2.75, 3.05) is 19.8 Å². The van der Waals surface area contributed by atoms with Gasteiger partial charge < -0.3 is 15.2 Å². The summed E-state index contributed by atoms with van der Waals surface area (Å²) in [4.78, 5) is 0. The summed E-state index contributed by atoms with van der Waals surface area (Å²) in [5.74, 6) is 0. The minimum atomic E-state index is -0.276. The van der Waals surface area contributed by atoms with Crippen LogP contribution >= 0.6 is 0 Å². The molecule has 1 aliphatic rings. The van der Waals surface area contributed by atoms with Crippen molar-refractivity contribution in [3.8, 4) is 0 Å². The zero-order valence-electron chi connectivity index (χ0n) is 11.2. The van der Waals surface area contributed by atoms with E-state index in [-0.39, 0.29) is 5.60 Å². The van der Waals surface area contributed by atoms with Crippen LogP contribution in [0.3, 0.4) is 0 Å². The predicted octanol–water partition coefficient (Wildman–Crippen LogP) is 2.27. The predicted molar refractivity (Wildman–Crippen MR) is 72.4 cm³/mol. The number of nitrogens with two attached hydrogens (primary N) is 1. The minimum Gasteiger partial charge on any atom is -0.378 e. The first-order valence-electron chi connectivity index (χ1n) is 6.77. The number of ether oxygens (including phenoxy) is 2. The van der Waals surface area contributed by atoms with Crippen molar-refractivity contribution < 1.29 is 9.47 Å². The van der Waals surface area contributed by atoms with Crippen molar-refractivity contribution in [2.24, 2.45) is 5.73 Å². The molecule has 1 unspecified atom stereocenters. The minimum absolute atomic E-state index is 0.276. The largest absolute Gasteiger partial charge is 0.378 e. The van der Waals surface area contributed by atoms with Gasteiger partial charge in [0, 0.05) is 13.2 Å². The van der Waals surface area contributed by atoms with E-state index in [9.17, 15) is 0 Å². The number of rotatable bonds is 5. The molecule has 3 nitrogen and oxygen atoms in total. The third-order valence-corrected chi connectivity index (χ3v) is 3.63. The van der Waals surface area contributed by atoms with Gasteiger partial charge in [0.1, 0.15) is 5.60 Å². The van der Waals surface area contributed by atoms with Crippen LogP contribution in [0.5, 0.6) is 0 Å². The highest BCUT2D eigenvalue weighted by atomic mass is 16.5. The van der Waals surface area contributed by atoms with Crippen LogP contribution in [0.2, 0.25) is 0 Å². The number of hydrogen-bond donors (Lipinski definition) is 1. The van der Waals surface area contributed by atoms with Crippen LogP contribution in [0.4, 0.5) is 0 Å². The van der Waals surface area contributed by atoms with Crippen LogP contribution in [0, 0.1) is 0 Å². The molecule has 0 spiro atoms. The summed E-state index contributed by atoms with van der Waals surface area (Å²) in [5.41, 5.74) is 8.12. The Labute approximate surface area is 109 Å².